The zero-order valence-corrected chi connectivity index (χ0v) is 18.4. The highest BCUT2D eigenvalue weighted by atomic mass is 16.5. The van der Waals surface area contributed by atoms with Crippen LogP contribution in [0.1, 0.15) is 27.6 Å². The predicted molar refractivity (Wildman–Crippen MR) is 121 cm³/mol. The second-order valence-electron chi connectivity index (χ2n) is 7.64. The molecule has 5 aromatic rings. The number of methoxy groups -OCH3 is 1. The van der Waals surface area contributed by atoms with Gasteiger partial charge in [-0.05, 0) is 38.1 Å². The fraction of sp³-hybridized carbons (Fsp3) is 0.208. The van der Waals surface area contributed by atoms with Gasteiger partial charge in [0.15, 0.2) is 5.82 Å². The number of aliphatic hydroxyl groups excluding tert-OH is 1. The van der Waals surface area contributed by atoms with Crippen molar-refractivity contribution >= 4 is 27.7 Å². The molecule has 0 fully saturated rings. The molecule has 0 saturated carbocycles. The molecule has 0 saturated heterocycles. The van der Waals surface area contributed by atoms with E-state index in [4.69, 9.17) is 9.26 Å². The number of aliphatic hydroxyl groups is 1. The molecule has 4 heterocycles. The van der Waals surface area contributed by atoms with Crippen molar-refractivity contribution in [2.75, 3.05) is 13.7 Å². The molecular formula is C24H21N5O4. The molecule has 0 amide bonds. The number of carbonyl (C=O) groups excluding carboxylic acids is 1. The lowest BCUT2D eigenvalue weighted by Crippen LogP contribution is -2.13. The minimum atomic E-state index is -0.278. The van der Waals surface area contributed by atoms with Gasteiger partial charge in [-0.2, -0.15) is 0 Å². The Balaban J connectivity index is 1.79. The molecule has 0 atom stereocenters. The van der Waals surface area contributed by atoms with Gasteiger partial charge in [0.1, 0.15) is 17.0 Å². The number of hydrogen-bond acceptors (Lipinski definition) is 8. The molecule has 0 aliphatic heterocycles. The van der Waals surface area contributed by atoms with Crippen molar-refractivity contribution in [3.05, 3.63) is 65.7 Å². The van der Waals surface area contributed by atoms with Crippen LogP contribution in [0.3, 0.4) is 0 Å². The number of nitrogens with zero attached hydrogens (tertiary/aromatic N) is 5. The van der Waals surface area contributed by atoms with Crippen LogP contribution in [-0.2, 0) is 6.54 Å². The first-order valence-corrected chi connectivity index (χ1v) is 10.4. The van der Waals surface area contributed by atoms with Gasteiger partial charge in [-0.15, -0.1) is 0 Å². The van der Waals surface area contributed by atoms with Crippen molar-refractivity contribution in [1.29, 1.82) is 0 Å². The van der Waals surface area contributed by atoms with Crippen LogP contribution in [0.5, 0.6) is 5.75 Å². The number of rotatable bonds is 6. The monoisotopic (exact) mass is 443 g/mol. The van der Waals surface area contributed by atoms with Crippen molar-refractivity contribution < 1.29 is 19.2 Å². The molecule has 0 spiro atoms. The number of carbonyl (C=O) groups is 1. The van der Waals surface area contributed by atoms with Crippen LogP contribution in [0.15, 0.2) is 47.4 Å². The Bertz CT molecular complexity index is 1480. The highest BCUT2D eigenvalue weighted by Gasteiger charge is 2.23. The lowest BCUT2D eigenvalue weighted by Gasteiger charge is -2.12. The number of fused-ring (bicyclic) bond motifs is 3. The topological polar surface area (TPSA) is 116 Å². The summed E-state index contributed by atoms with van der Waals surface area (Å²) in [6, 6.07) is 7.18. The summed E-state index contributed by atoms with van der Waals surface area (Å²) >= 11 is 0. The van der Waals surface area contributed by atoms with E-state index >= 15 is 0 Å². The summed E-state index contributed by atoms with van der Waals surface area (Å²) in [7, 11) is 1.60. The van der Waals surface area contributed by atoms with Crippen molar-refractivity contribution in [2.24, 2.45) is 0 Å². The Morgan fingerprint density at radius 3 is 2.73 bits per heavy atom. The lowest BCUT2D eigenvalue weighted by atomic mass is 10.0. The Kier molecular flexibility index (Phi) is 5.10. The van der Waals surface area contributed by atoms with E-state index in [2.05, 4.69) is 20.1 Å². The van der Waals surface area contributed by atoms with Crippen molar-refractivity contribution in [3.63, 3.8) is 0 Å². The molecule has 9 heteroatoms. The average Bonchev–Trinajstić information content (AvgIpc) is 3.38. The van der Waals surface area contributed by atoms with Crippen molar-refractivity contribution in [1.82, 2.24) is 24.7 Å². The highest BCUT2D eigenvalue weighted by Crippen LogP contribution is 2.39. The number of aromatic nitrogens is 5. The minimum Gasteiger partial charge on any atom is -0.496 e. The van der Waals surface area contributed by atoms with E-state index in [1.165, 1.54) is 6.20 Å². The smallest absolute Gasteiger partial charge is 0.230 e. The zero-order chi connectivity index (χ0) is 23.1. The quantitative estimate of drug-likeness (QED) is 0.397. The summed E-state index contributed by atoms with van der Waals surface area (Å²) in [6.45, 7) is 3.77. The van der Waals surface area contributed by atoms with Crippen LogP contribution >= 0.6 is 0 Å². The highest BCUT2D eigenvalue weighted by molar-refractivity contribution is 6.11. The molecular weight excluding hydrogens is 422 g/mol. The fourth-order valence-corrected chi connectivity index (χ4v) is 4.19. The Hall–Kier alpha value is -4.11. The van der Waals surface area contributed by atoms with Crippen LogP contribution in [0.2, 0.25) is 0 Å². The molecule has 1 aromatic carbocycles. The molecule has 9 nitrogen and oxygen atoms in total. The van der Waals surface area contributed by atoms with Crippen LogP contribution in [0.4, 0.5) is 0 Å². The van der Waals surface area contributed by atoms with Crippen LogP contribution < -0.4 is 4.74 Å². The molecule has 0 aliphatic rings. The van der Waals surface area contributed by atoms with E-state index < -0.39 is 0 Å². The van der Waals surface area contributed by atoms with Crippen molar-refractivity contribution in [3.8, 4) is 16.9 Å². The summed E-state index contributed by atoms with van der Waals surface area (Å²) in [5.74, 6) is 1.24. The maximum atomic E-state index is 13.2. The van der Waals surface area contributed by atoms with E-state index in [-0.39, 0.29) is 24.8 Å². The van der Waals surface area contributed by atoms with Gasteiger partial charge in [-0.3, -0.25) is 14.8 Å². The first kappa shape index (κ1) is 20.8. The molecule has 0 bridgehead atoms. The molecule has 0 radical (unpaired) electrons. The maximum Gasteiger partial charge on any atom is 0.230 e. The van der Waals surface area contributed by atoms with E-state index in [9.17, 15) is 9.90 Å². The number of ether oxygens (including phenoxy) is 1. The number of ketones is 1. The van der Waals surface area contributed by atoms with Gasteiger partial charge in [-0.25, -0.2) is 4.98 Å². The van der Waals surface area contributed by atoms with Gasteiger partial charge >= 0.3 is 0 Å². The normalized spacial score (nSPS) is 11.4. The summed E-state index contributed by atoms with van der Waals surface area (Å²) < 4.78 is 12.8. The largest absolute Gasteiger partial charge is 0.496 e. The number of aryl methyl sites for hydroxylation is 2. The van der Waals surface area contributed by atoms with Gasteiger partial charge in [0.2, 0.25) is 5.78 Å². The number of pyridine rings is 2. The zero-order valence-electron chi connectivity index (χ0n) is 18.4. The minimum absolute atomic E-state index is 0.156. The summed E-state index contributed by atoms with van der Waals surface area (Å²) in [4.78, 5) is 26.4. The number of hydrogen-bond donors (Lipinski definition) is 1. The SMILES string of the molecule is COc1cc2c(cc1-c1c(C)noc1C)ncc1nc(C(=O)c3cccnc3)n(CCO)c12. The molecule has 0 unspecified atom stereocenters. The van der Waals surface area contributed by atoms with Gasteiger partial charge in [0, 0.05) is 35.5 Å². The van der Waals surface area contributed by atoms with Gasteiger partial charge in [0.05, 0.1) is 42.2 Å². The second-order valence-corrected chi connectivity index (χ2v) is 7.64. The third kappa shape index (κ3) is 3.33. The first-order chi connectivity index (χ1) is 16.0. The molecule has 166 valence electrons. The standard InChI is InChI=1S/C24H21N5O4/c1-13-21(14(2)33-28-13)17-9-18-16(10-20(17)32-3)22-19(12-26-18)27-24(29(22)7-8-30)23(31)15-5-4-6-25-11-15/h4-6,9-12,30H,7-8H2,1-3H3. The summed E-state index contributed by atoms with van der Waals surface area (Å²) in [5, 5.41) is 14.6. The molecule has 0 aliphatic carbocycles. The molecule has 1 N–H and O–H groups in total. The fourth-order valence-electron chi connectivity index (χ4n) is 4.19. The van der Waals surface area contributed by atoms with Crippen LogP contribution in [0, 0.1) is 13.8 Å². The van der Waals surface area contributed by atoms with E-state index in [0.717, 1.165) is 22.2 Å². The number of benzene rings is 1. The average molecular weight is 443 g/mol. The Morgan fingerprint density at radius 1 is 1.21 bits per heavy atom. The van der Waals surface area contributed by atoms with Crippen LogP contribution in [0.25, 0.3) is 33.1 Å². The van der Waals surface area contributed by atoms with Gasteiger partial charge < -0.3 is 18.9 Å². The summed E-state index contributed by atoms with van der Waals surface area (Å²) in [5.41, 5.74) is 4.78. The Labute approximate surface area is 188 Å². The van der Waals surface area contributed by atoms with Crippen LogP contribution in [-0.4, -0.2) is 49.3 Å². The Morgan fingerprint density at radius 2 is 2.06 bits per heavy atom. The predicted octanol–water partition coefficient (Wildman–Crippen LogP) is 3.48. The second kappa shape index (κ2) is 8.10. The first-order valence-electron chi connectivity index (χ1n) is 10.4. The van der Waals surface area contributed by atoms with E-state index in [1.54, 1.807) is 36.2 Å². The maximum absolute atomic E-state index is 13.2. The van der Waals surface area contributed by atoms with Gasteiger partial charge in [0.25, 0.3) is 0 Å². The van der Waals surface area contributed by atoms with Crippen molar-refractivity contribution in [2.45, 2.75) is 20.4 Å². The molecule has 4 aromatic heterocycles. The lowest BCUT2D eigenvalue weighted by molar-refractivity contribution is 0.102. The third-order valence-corrected chi connectivity index (χ3v) is 5.65. The number of imidazole rings is 1. The third-order valence-electron chi connectivity index (χ3n) is 5.65. The van der Waals surface area contributed by atoms with Gasteiger partial charge in [-0.1, -0.05) is 5.16 Å². The summed E-state index contributed by atoms with van der Waals surface area (Å²) in [6.07, 6.45) is 4.74. The molecule has 5 rings (SSSR count). The van der Waals surface area contributed by atoms with E-state index in [1.807, 2.05) is 26.0 Å². The molecule has 33 heavy (non-hydrogen) atoms. The van der Waals surface area contributed by atoms with E-state index in [0.29, 0.717) is 33.6 Å².